The van der Waals surface area contributed by atoms with Crippen molar-refractivity contribution in [1.29, 1.82) is 0 Å². The minimum Gasteiger partial charge on any atom is -0.508 e. The molecule has 2 atom stereocenters. The van der Waals surface area contributed by atoms with Gasteiger partial charge in [0.15, 0.2) is 0 Å². The molecule has 2 N–H and O–H groups in total. The topological polar surface area (TPSA) is 40.5 Å². The molecule has 2 saturated carbocycles. The van der Waals surface area contributed by atoms with Gasteiger partial charge in [-0.25, -0.2) is 0 Å². The van der Waals surface area contributed by atoms with Crippen molar-refractivity contribution in [3.63, 3.8) is 0 Å². The lowest BCUT2D eigenvalue weighted by Crippen LogP contribution is -2.19. The van der Waals surface area contributed by atoms with Gasteiger partial charge in [0.25, 0.3) is 0 Å². The second-order valence-electron chi connectivity index (χ2n) is 12.7. The van der Waals surface area contributed by atoms with Gasteiger partial charge in [-0.2, -0.15) is 0 Å². The third-order valence-corrected chi connectivity index (χ3v) is 10.5. The molecule has 0 bridgehead atoms. The van der Waals surface area contributed by atoms with Crippen LogP contribution in [0.1, 0.15) is 137 Å². The van der Waals surface area contributed by atoms with Crippen LogP contribution in [-0.4, -0.2) is 10.2 Å². The van der Waals surface area contributed by atoms with Crippen molar-refractivity contribution in [1.82, 2.24) is 0 Å². The molecule has 2 unspecified atom stereocenters. The van der Waals surface area contributed by atoms with Gasteiger partial charge in [0.05, 0.1) is 0 Å². The molecule has 6 rings (SSSR count). The molecule has 0 spiro atoms. The Morgan fingerprint density at radius 1 is 0.500 bits per heavy atom. The van der Waals surface area contributed by atoms with E-state index in [4.69, 9.17) is 0 Å². The van der Waals surface area contributed by atoms with Crippen LogP contribution in [0.15, 0.2) is 48.6 Å². The molecule has 2 fully saturated rings. The van der Waals surface area contributed by atoms with E-state index in [0.29, 0.717) is 23.3 Å². The van der Waals surface area contributed by atoms with Crippen LogP contribution in [0.25, 0.3) is 11.1 Å². The normalized spacial score (nSPS) is 25.6. The van der Waals surface area contributed by atoms with Crippen molar-refractivity contribution >= 4 is 11.1 Å². The average molecular weight is 511 g/mol. The van der Waals surface area contributed by atoms with Gasteiger partial charge in [-0.05, 0) is 146 Å². The fraction of sp³-hybridized carbons (Fsp3) is 0.556. The Kier molecular flexibility index (Phi) is 7.95. The maximum absolute atomic E-state index is 10.6. The molecule has 2 aromatic carbocycles. The summed E-state index contributed by atoms with van der Waals surface area (Å²) < 4.78 is 0. The average Bonchev–Trinajstić information content (AvgIpc) is 2.99. The summed E-state index contributed by atoms with van der Waals surface area (Å²) in [4.78, 5) is 0. The predicted molar refractivity (Wildman–Crippen MR) is 159 cm³/mol. The second kappa shape index (κ2) is 11.7. The van der Waals surface area contributed by atoms with E-state index in [0.717, 1.165) is 24.7 Å². The molecular weight excluding hydrogens is 464 g/mol. The van der Waals surface area contributed by atoms with Crippen LogP contribution in [0.4, 0.5) is 0 Å². The lowest BCUT2D eigenvalue weighted by molar-refractivity contribution is 0.292. The molecule has 0 aliphatic heterocycles. The van der Waals surface area contributed by atoms with E-state index in [9.17, 15) is 10.2 Å². The van der Waals surface area contributed by atoms with Crippen LogP contribution >= 0.6 is 0 Å². The molecule has 0 heterocycles. The third-order valence-electron chi connectivity index (χ3n) is 10.5. The van der Waals surface area contributed by atoms with E-state index >= 15 is 0 Å². The zero-order valence-electron chi connectivity index (χ0n) is 23.1. The van der Waals surface area contributed by atoms with Crippen molar-refractivity contribution in [2.75, 3.05) is 0 Å². The Hall–Kier alpha value is -2.48. The van der Waals surface area contributed by atoms with Gasteiger partial charge in [0.2, 0.25) is 0 Å². The first kappa shape index (κ1) is 25.8. The molecule has 202 valence electrons. The smallest absolute Gasteiger partial charge is 0.119 e. The first-order chi connectivity index (χ1) is 18.7. The Bertz CT molecular complexity index is 1080. The highest BCUT2D eigenvalue weighted by atomic mass is 16.3. The van der Waals surface area contributed by atoms with Crippen molar-refractivity contribution in [2.45, 2.75) is 115 Å². The maximum atomic E-state index is 10.6. The summed E-state index contributed by atoms with van der Waals surface area (Å²) in [5.74, 6) is 3.64. The van der Waals surface area contributed by atoms with Gasteiger partial charge in [-0.15, -0.1) is 0 Å². The molecule has 38 heavy (non-hydrogen) atoms. The van der Waals surface area contributed by atoms with Crippen LogP contribution in [0.2, 0.25) is 0 Å². The standard InChI is InChI=1S/C36H46O2/c37-35-21-19-31(23-33(35)29-7-3-1-4-8-29)27-15-11-25(12-16-27)26-13-17-28(18-14-26)32-20-22-36(38)34(24-32)30-9-5-2-6-10-30/h15,17,19-26,29-30,37-38H,1-14,16,18H2. The maximum Gasteiger partial charge on any atom is 0.119 e. The van der Waals surface area contributed by atoms with E-state index in [-0.39, 0.29) is 0 Å². The van der Waals surface area contributed by atoms with E-state index in [1.807, 2.05) is 12.1 Å². The lowest BCUT2D eigenvalue weighted by atomic mass is 9.73. The van der Waals surface area contributed by atoms with E-state index in [1.54, 1.807) is 0 Å². The first-order valence-electron chi connectivity index (χ1n) is 15.7. The molecule has 2 heteroatoms. The Morgan fingerprint density at radius 3 is 1.29 bits per heavy atom. The first-order valence-corrected chi connectivity index (χ1v) is 15.7. The summed E-state index contributed by atoms with van der Waals surface area (Å²) in [7, 11) is 0. The Balaban J connectivity index is 1.09. The van der Waals surface area contributed by atoms with E-state index in [2.05, 4.69) is 36.4 Å². The second-order valence-corrected chi connectivity index (χ2v) is 12.7. The van der Waals surface area contributed by atoms with E-state index < -0.39 is 0 Å². The molecule has 0 aromatic heterocycles. The van der Waals surface area contributed by atoms with Crippen molar-refractivity contribution < 1.29 is 10.2 Å². The molecule has 0 saturated heterocycles. The number of hydrogen-bond acceptors (Lipinski definition) is 2. The molecule has 2 nitrogen and oxygen atoms in total. The van der Waals surface area contributed by atoms with Crippen LogP contribution in [0.5, 0.6) is 11.5 Å². The third kappa shape index (κ3) is 5.61. The summed E-state index contributed by atoms with van der Waals surface area (Å²) in [5.41, 5.74) is 8.05. The van der Waals surface area contributed by atoms with Crippen LogP contribution in [0, 0.1) is 11.8 Å². The number of aromatic hydroxyl groups is 2. The summed E-state index contributed by atoms with van der Waals surface area (Å²) in [5, 5.41) is 21.1. The molecule has 0 radical (unpaired) electrons. The summed E-state index contributed by atoms with van der Waals surface area (Å²) in [6.45, 7) is 0. The fourth-order valence-corrected chi connectivity index (χ4v) is 8.08. The van der Waals surface area contributed by atoms with Gasteiger partial charge >= 0.3 is 0 Å². The highest BCUT2D eigenvalue weighted by molar-refractivity contribution is 5.69. The lowest BCUT2D eigenvalue weighted by Gasteiger charge is -2.32. The SMILES string of the molecule is Oc1ccc(C2=CCC(C3CC=C(c4ccc(O)c(C5CCCCC5)c4)CC3)CC2)cc1C1CCCCC1. The number of allylic oxidation sites excluding steroid dienone is 4. The molecule has 4 aliphatic rings. The van der Waals surface area contributed by atoms with Gasteiger partial charge in [-0.1, -0.05) is 62.8 Å². The summed E-state index contributed by atoms with van der Waals surface area (Å²) in [6, 6.07) is 12.8. The molecular formula is C36H46O2. The minimum atomic E-state index is 0.499. The van der Waals surface area contributed by atoms with Gasteiger partial charge in [0, 0.05) is 0 Å². The van der Waals surface area contributed by atoms with Crippen molar-refractivity contribution in [3.05, 3.63) is 70.8 Å². The monoisotopic (exact) mass is 510 g/mol. The predicted octanol–water partition coefficient (Wildman–Crippen LogP) is 10.3. The van der Waals surface area contributed by atoms with Crippen molar-refractivity contribution in [2.24, 2.45) is 11.8 Å². The molecule has 4 aliphatic carbocycles. The molecule has 2 aromatic rings. The highest BCUT2D eigenvalue weighted by Crippen LogP contribution is 2.44. The number of benzene rings is 2. The number of rotatable bonds is 5. The number of phenols is 2. The van der Waals surface area contributed by atoms with Gasteiger partial charge in [0.1, 0.15) is 11.5 Å². The largest absolute Gasteiger partial charge is 0.508 e. The summed E-state index contributed by atoms with van der Waals surface area (Å²) in [6.07, 6.45) is 25.1. The number of hydrogen-bond donors (Lipinski definition) is 2. The quantitative estimate of drug-likeness (QED) is 0.420. The fourth-order valence-electron chi connectivity index (χ4n) is 8.08. The Morgan fingerprint density at radius 2 is 0.921 bits per heavy atom. The Labute approximate surface area is 229 Å². The van der Waals surface area contributed by atoms with Crippen molar-refractivity contribution in [3.8, 4) is 11.5 Å². The van der Waals surface area contributed by atoms with Crippen LogP contribution in [-0.2, 0) is 0 Å². The minimum absolute atomic E-state index is 0.499. The van der Waals surface area contributed by atoms with Gasteiger partial charge in [-0.3, -0.25) is 0 Å². The molecule has 0 amide bonds. The zero-order valence-corrected chi connectivity index (χ0v) is 23.1. The number of phenolic OH excluding ortho intramolecular Hbond substituents is 2. The van der Waals surface area contributed by atoms with Crippen LogP contribution < -0.4 is 0 Å². The zero-order chi connectivity index (χ0) is 25.9. The van der Waals surface area contributed by atoms with Gasteiger partial charge < -0.3 is 10.2 Å². The summed E-state index contributed by atoms with van der Waals surface area (Å²) >= 11 is 0. The highest BCUT2D eigenvalue weighted by Gasteiger charge is 2.27. The van der Waals surface area contributed by atoms with E-state index in [1.165, 1.54) is 123 Å². The van der Waals surface area contributed by atoms with Crippen LogP contribution in [0.3, 0.4) is 0 Å².